The summed E-state index contributed by atoms with van der Waals surface area (Å²) in [5, 5.41) is 18.7. The van der Waals surface area contributed by atoms with Gasteiger partial charge in [-0.15, -0.1) is 0 Å². The largest absolute Gasteiger partial charge is 0.364 e. The lowest BCUT2D eigenvalue weighted by Crippen LogP contribution is -2.29. The number of hydrogen-bond donors (Lipinski definition) is 1. The van der Waals surface area contributed by atoms with E-state index in [2.05, 4.69) is 29.2 Å². The van der Waals surface area contributed by atoms with Gasteiger partial charge in [-0.2, -0.15) is 5.10 Å². The number of aryl methyl sites for hydroxylation is 2. The van der Waals surface area contributed by atoms with E-state index in [9.17, 15) is 10.1 Å². The zero-order chi connectivity index (χ0) is 15.6. The second-order valence-electron chi connectivity index (χ2n) is 6.00. The molecule has 0 spiro atoms. The molecule has 1 fully saturated rings. The second-order valence-corrected chi connectivity index (χ2v) is 6.00. The molecule has 1 atom stereocenters. The molecule has 1 aromatic rings. The normalized spacial score (nSPS) is 19.4. The van der Waals surface area contributed by atoms with E-state index in [1.807, 2.05) is 6.92 Å². The molecule has 1 N–H and O–H groups in total. The highest BCUT2D eigenvalue weighted by atomic mass is 16.6. The summed E-state index contributed by atoms with van der Waals surface area (Å²) < 4.78 is 1.59. The van der Waals surface area contributed by atoms with Crippen molar-refractivity contribution < 1.29 is 4.92 Å². The molecule has 0 bridgehead atoms. The highest BCUT2D eigenvalue weighted by Crippen LogP contribution is 2.29. The van der Waals surface area contributed by atoms with E-state index in [-0.39, 0.29) is 10.6 Å². The molecule has 1 unspecified atom stereocenters. The lowest BCUT2D eigenvalue weighted by molar-refractivity contribution is -0.384. The van der Waals surface area contributed by atoms with Gasteiger partial charge in [-0.05, 0) is 39.2 Å². The Balaban J connectivity index is 2.04. The van der Waals surface area contributed by atoms with Crippen LogP contribution in [0.25, 0.3) is 0 Å². The van der Waals surface area contributed by atoms with Crippen molar-refractivity contribution in [3.05, 3.63) is 15.8 Å². The molecule has 118 valence electrons. The Hall–Kier alpha value is -1.63. The standard InChI is InChI=1S/C14H25N5O2/c1-5-12-13(19(20)21)14(17(4)16-12)15-8-11-6-7-18(9-11)10(2)3/h10-11,15H,5-9H2,1-4H3. The first-order valence-electron chi connectivity index (χ1n) is 7.62. The van der Waals surface area contributed by atoms with Crippen molar-refractivity contribution in [2.75, 3.05) is 25.0 Å². The fraction of sp³-hybridized carbons (Fsp3) is 0.786. The monoisotopic (exact) mass is 295 g/mol. The average molecular weight is 295 g/mol. The van der Waals surface area contributed by atoms with Gasteiger partial charge in [0.05, 0.1) is 4.92 Å². The first-order chi connectivity index (χ1) is 9.93. The Bertz CT molecular complexity index is 512. The van der Waals surface area contributed by atoms with Crippen LogP contribution < -0.4 is 5.32 Å². The van der Waals surface area contributed by atoms with Crippen molar-refractivity contribution in [3.63, 3.8) is 0 Å². The quantitative estimate of drug-likeness (QED) is 0.642. The third kappa shape index (κ3) is 3.34. The Kier molecular flexibility index (Phi) is 4.82. The predicted molar refractivity (Wildman–Crippen MR) is 82.5 cm³/mol. The predicted octanol–water partition coefficient (Wildman–Crippen LogP) is 2.03. The fourth-order valence-corrected chi connectivity index (χ4v) is 2.94. The molecule has 21 heavy (non-hydrogen) atoms. The summed E-state index contributed by atoms with van der Waals surface area (Å²) in [4.78, 5) is 13.4. The minimum absolute atomic E-state index is 0.124. The highest BCUT2D eigenvalue weighted by molar-refractivity contribution is 5.59. The van der Waals surface area contributed by atoms with E-state index in [4.69, 9.17) is 0 Å². The van der Waals surface area contributed by atoms with Gasteiger partial charge >= 0.3 is 5.69 Å². The van der Waals surface area contributed by atoms with E-state index in [1.54, 1.807) is 11.7 Å². The van der Waals surface area contributed by atoms with Crippen LogP contribution in [0.1, 0.15) is 32.9 Å². The van der Waals surface area contributed by atoms with Crippen molar-refractivity contribution in [2.24, 2.45) is 13.0 Å². The lowest BCUT2D eigenvalue weighted by atomic mass is 10.1. The van der Waals surface area contributed by atoms with Crippen LogP contribution >= 0.6 is 0 Å². The van der Waals surface area contributed by atoms with Gasteiger partial charge in [0.1, 0.15) is 5.69 Å². The molecule has 2 rings (SSSR count). The molecule has 1 saturated heterocycles. The topological polar surface area (TPSA) is 76.2 Å². The maximum Gasteiger partial charge on any atom is 0.333 e. The van der Waals surface area contributed by atoms with Crippen LogP contribution in [0, 0.1) is 16.0 Å². The summed E-state index contributed by atoms with van der Waals surface area (Å²) in [6.45, 7) is 9.21. The van der Waals surface area contributed by atoms with Gasteiger partial charge in [-0.25, -0.2) is 4.68 Å². The minimum Gasteiger partial charge on any atom is -0.364 e. The number of rotatable bonds is 6. The maximum absolute atomic E-state index is 11.3. The van der Waals surface area contributed by atoms with Gasteiger partial charge in [-0.1, -0.05) is 6.92 Å². The Morgan fingerprint density at radius 3 is 2.76 bits per heavy atom. The molecule has 1 aromatic heterocycles. The third-order valence-electron chi connectivity index (χ3n) is 4.22. The number of nitrogens with one attached hydrogen (secondary N) is 1. The Morgan fingerprint density at radius 1 is 1.52 bits per heavy atom. The van der Waals surface area contributed by atoms with Crippen LogP contribution in [-0.4, -0.2) is 45.3 Å². The van der Waals surface area contributed by atoms with Crippen LogP contribution in [-0.2, 0) is 13.5 Å². The summed E-state index contributed by atoms with van der Waals surface area (Å²) in [6, 6.07) is 0.563. The lowest BCUT2D eigenvalue weighted by Gasteiger charge is -2.20. The Labute approximate surface area is 125 Å². The molecule has 0 radical (unpaired) electrons. The van der Waals surface area contributed by atoms with Crippen LogP contribution in [0.5, 0.6) is 0 Å². The zero-order valence-corrected chi connectivity index (χ0v) is 13.3. The van der Waals surface area contributed by atoms with Gasteiger partial charge in [-0.3, -0.25) is 10.1 Å². The van der Waals surface area contributed by atoms with Crippen LogP contribution in [0.3, 0.4) is 0 Å². The number of likely N-dealkylation sites (tertiary alicyclic amines) is 1. The van der Waals surface area contributed by atoms with Crippen molar-refractivity contribution in [1.29, 1.82) is 0 Å². The SMILES string of the molecule is CCc1nn(C)c(NCC2CCN(C(C)C)C2)c1[N+](=O)[O-]. The average Bonchev–Trinajstić information content (AvgIpc) is 3.00. The van der Waals surface area contributed by atoms with E-state index in [1.165, 1.54) is 0 Å². The molecular formula is C14H25N5O2. The fourth-order valence-electron chi connectivity index (χ4n) is 2.94. The van der Waals surface area contributed by atoms with Crippen LogP contribution in [0.2, 0.25) is 0 Å². The van der Waals surface area contributed by atoms with Gasteiger partial charge in [0.25, 0.3) is 0 Å². The molecule has 0 saturated carbocycles. The highest BCUT2D eigenvalue weighted by Gasteiger charge is 2.28. The number of nitro groups is 1. The van der Waals surface area contributed by atoms with Gasteiger partial charge < -0.3 is 10.2 Å². The minimum atomic E-state index is -0.330. The van der Waals surface area contributed by atoms with Crippen molar-refractivity contribution in [2.45, 2.75) is 39.7 Å². The van der Waals surface area contributed by atoms with E-state index in [0.29, 0.717) is 29.9 Å². The van der Waals surface area contributed by atoms with E-state index >= 15 is 0 Å². The second kappa shape index (κ2) is 6.43. The van der Waals surface area contributed by atoms with Crippen molar-refractivity contribution in [3.8, 4) is 0 Å². The van der Waals surface area contributed by atoms with Gasteiger partial charge in [0, 0.05) is 26.2 Å². The summed E-state index contributed by atoms with van der Waals surface area (Å²) in [6.07, 6.45) is 1.70. The Morgan fingerprint density at radius 2 is 2.24 bits per heavy atom. The first kappa shape index (κ1) is 15.8. The molecule has 1 aliphatic heterocycles. The molecule has 1 aliphatic rings. The number of nitrogens with zero attached hydrogens (tertiary/aromatic N) is 4. The molecule has 0 aliphatic carbocycles. The van der Waals surface area contributed by atoms with Gasteiger partial charge in [0.15, 0.2) is 0 Å². The molecule has 0 amide bonds. The smallest absolute Gasteiger partial charge is 0.333 e. The van der Waals surface area contributed by atoms with E-state index in [0.717, 1.165) is 26.1 Å². The summed E-state index contributed by atoms with van der Waals surface area (Å²) in [7, 11) is 1.75. The number of aromatic nitrogens is 2. The van der Waals surface area contributed by atoms with Crippen LogP contribution in [0.15, 0.2) is 0 Å². The van der Waals surface area contributed by atoms with Crippen molar-refractivity contribution in [1.82, 2.24) is 14.7 Å². The number of hydrogen-bond acceptors (Lipinski definition) is 5. The summed E-state index contributed by atoms with van der Waals surface area (Å²) in [5.41, 5.74) is 0.666. The van der Waals surface area contributed by atoms with Crippen molar-refractivity contribution >= 4 is 11.5 Å². The summed E-state index contributed by atoms with van der Waals surface area (Å²) >= 11 is 0. The first-order valence-corrected chi connectivity index (χ1v) is 7.62. The molecular weight excluding hydrogens is 270 g/mol. The molecule has 2 heterocycles. The van der Waals surface area contributed by atoms with Gasteiger partial charge in [0.2, 0.25) is 5.82 Å². The molecule has 0 aromatic carbocycles. The maximum atomic E-state index is 11.3. The molecule has 7 heteroatoms. The molecule has 7 nitrogen and oxygen atoms in total. The third-order valence-corrected chi connectivity index (χ3v) is 4.22. The number of anilines is 1. The van der Waals surface area contributed by atoms with E-state index < -0.39 is 0 Å². The van der Waals surface area contributed by atoms with Crippen LogP contribution in [0.4, 0.5) is 11.5 Å². The summed E-state index contributed by atoms with van der Waals surface area (Å²) in [5.74, 6) is 1.06. The zero-order valence-electron chi connectivity index (χ0n) is 13.3.